The molecule has 2 aromatic carbocycles. The molecule has 3 nitrogen and oxygen atoms in total. The van der Waals surface area contributed by atoms with Crippen LogP contribution in [0.3, 0.4) is 0 Å². The van der Waals surface area contributed by atoms with Crippen LogP contribution in [0.1, 0.15) is 29.2 Å². The molecular weight excluding hydrogens is 290 g/mol. The standard InChI is InChI=1S/C18H21N3S/c1-12-8-10-16(11-9-12)15(4)20-21-18(22)19-17-7-5-6-13(2)14(17)3/h5-11H,1-4H3,(H2,19,21,22). The molecule has 0 amide bonds. The third kappa shape index (κ3) is 4.15. The Labute approximate surface area is 137 Å². The summed E-state index contributed by atoms with van der Waals surface area (Å²) >= 11 is 5.30. The molecular formula is C18H21N3S. The Kier molecular flexibility index (Phi) is 5.28. The van der Waals surface area contributed by atoms with Gasteiger partial charge >= 0.3 is 0 Å². The monoisotopic (exact) mass is 311 g/mol. The number of aryl methyl sites for hydroxylation is 2. The molecule has 0 aliphatic rings. The summed E-state index contributed by atoms with van der Waals surface area (Å²) in [5, 5.41) is 8.00. The predicted octanol–water partition coefficient (Wildman–Crippen LogP) is 4.32. The first-order chi connectivity index (χ1) is 10.5. The van der Waals surface area contributed by atoms with Crippen molar-refractivity contribution < 1.29 is 0 Å². The van der Waals surface area contributed by atoms with Gasteiger partial charge in [-0.15, -0.1) is 0 Å². The highest BCUT2D eigenvalue weighted by atomic mass is 32.1. The molecule has 0 aliphatic carbocycles. The van der Waals surface area contributed by atoms with E-state index in [9.17, 15) is 0 Å². The highest BCUT2D eigenvalue weighted by molar-refractivity contribution is 7.80. The quantitative estimate of drug-likeness (QED) is 0.503. The van der Waals surface area contributed by atoms with Crippen LogP contribution in [0, 0.1) is 20.8 Å². The smallest absolute Gasteiger partial charge is 0.191 e. The van der Waals surface area contributed by atoms with E-state index < -0.39 is 0 Å². The number of rotatable bonds is 3. The Morgan fingerprint density at radius 2 is 1.68 bits per heavy atom. The average molecular weight is 311 g/mol. The third-order valence-electron chi connectivity index (χ3n) is 3.65. The fraction of sp³-hybridized carbons (Fsp3) is 0.222. The van der Waals surface area contributed by atoms with Crippen molar-refractivity contribution in [3.63, 3.8) is 0 Å². The first kappa shape index (κ1) is 16.2. The van der Waals surface area contributed by atoms with Gasteiger partial charge in [-0.2, -0.15) is 5.10 Å². The number of thiocarbonyl (C=S) groups is 1. The lowest BCUT2D eigenvalue weighted by atomic mass is 10.1. The zero-order chi connectivity index (χ0) is 16.1. The van der Waals surface area contributed by atoms with E-state index in [4.69, 9.17) is 12.2 Å². The SMILES string of the molecule is CC(=NNC(=S)Nc1cccc(C)c1C)c1ccc(C)cc1. The molecule has 0 fully saturated rings. The molecule has 4 heteroatoms. The Hall–Kier alpha value is -2.20. The van der Waals surface area contributed by atoms with Crippen molar-refractivity contribution in [3.05, 3.63) is 64.7 Å². The van der Waals surface area contributed by atoms with Crippen LogP contribution >= 0.6 is 12.2 Å². The summed E-state index contributed by atoms with van der Waals surface area (Å²) in [6.45, 7) is 8.17. The highest BCUT2D eigenvalue weighted by Crippen LogP contribution is 2.17. The number of nitrogens with zero attached hydrogens (tertiary/aromatic N) is 1. The molecule has 2 rings (SSSR count). The van der Waals surface area contributed by atoms with Crippen LogP contribution < -0.4 is 10.7 Å². The maximum atomic E-state index is 5.30. The topological polar surface area (TPSA) is 36.4 Å². The van der Waals surface area contributed by atoms with Crippen LogP contribution in [0.5, 0.6) is 0 Å². The molecule has 0 saturated carbocycles. The maximum Gasteiger partial charge on any atom is 0.191 e. The van der Waals surface area contributed by atoms with Gasteiger partial charge < -0.3 is 5.32 Å². The first-order valence-corrected chi connectivity index (χ1v) is 7.62. The van der Waals surface area contributed by atoms with Crippen LogP contribution in [0.25, 0.3) is 0 Å². The lowest BCUT2D eigenvalue weighted by Crippen LogP contribution is -2.25. The normalized spacial score (nSPS) is 11.2. The molecule has 0 aliphatic heterocycles. The molecule has 22 heavy (non-hydrogen) atoms. The van der Waals surface area contributed by atoms with Gasteiger partial charge in [-0.05, 0) is 62.7 Å². The Morgan fingerprint density at radius 3 is 2.36 bits per heavy atom. The molecule has 2 N–H and O–H groups in total. The van der Waals surface area contributed by atoms with Crippen LogP contribution in [0.2, 0.25) is 0 Å². The zero-order valence-corrected chi connectivity index (χ0v) is 14.2. The molecule has 0 heterocycles. The van der Waals surface area contributed by atoms with Crippen molar-refractivity contribution in [2.75, 3.05) is 5.32 Å². The van der Waals surface area contributed by atoms with E-state index in [0.717, 1.165) is 17.0 Å². The second-order valence-electron chi connectivity index (χ2n) is 5.38. The Bertz CT molecular complexity index is 703. The van der Waals surface area contributed by atoms with Crippen LogP contribution in [0.4, 0.5) is 5.69 Å². The van der Waals surface area contributed by atoms with Crippen molar-refractivity contribution in [3.8, 4) is 0 Å². The van der Waals surface area contributed by atoms with Crippen LogP contribution in [0.15, 0.2) is 47.6 Å². The molecule has 0 unspecified atom stereocenters. The highest BCUT2D eigenvalue weighted by Gasteiger charge is 2.03. The Morgan fingerprint density at radius 1 is 1.00 bits per heavy atom. The van der Waals surface area contributed by atoms with E-state index in [0.29, 0.717) is 5.11 Å². The second-order valence-corrected chi connectivity index (χ2v) is 5.78. The van der Waals surface area contributed by atoms with Crippen LogP contribution in [-0.2, 0) is 0 Å². The van der Waals surface area contributed by atoms with E-state index in [1.807, 2.05) is 19.1 Å². The minimum atomic E-state index is 0.486. The van der Waals surface area contributed by atoms with Gasteiger partial charge in [0.05, 0.1) is 5.71 Å². The molecule has 0 saturated heterocycles. The summed E-state index contributed by atoms with van der Waals surface area (Å²) in [5.74, 6) is 0. The first-order valence-electron chi connectivity index (χ1n) is 7.22. The lowest BCUT2D eigenvalue weighted by Gasteiger charge is -2.12. The minimum absolute atomic E-state index is 0.486. The number of hydrogen-bond acceptors (Lipinski definition) is 2. The van der Waals surface area contributed by atoms with Crippen molar-refractivity contribution in [1.29, 1.82) is 0 Å². The lowest BCUT2D eigenvalue weighted by molar-refractivity contribution is 1.04. The van der Waals surface area contributed by atoms with E-state index in [-0.39, 0.29) is 0 Å². The molecule has 0 spiro atoms. The van der Waals surface area contributed by atoms with Gasteiger partial charge in [-0.25, -0.2) is 0 Å². The van der Waals surface area contributed by atoms with E-state index >= 15 is 0 Å². The van der Waals surface area contributed by atoms with Gasteiger partial charge in [0.25, 0.3) is 0 Å². The number of nitrogens with one attached hydrogen (secondary N) is 2. The molecule has 0 atom stereocenters. The maximum absolute atomic E-state index is 5.30. The second kappa shape index (κ2) is 7.18. The number of hydrogen-bond donors (Lipinski definition) is 2. The summed E-state index contributed by atoms with van der Waals surface area (Å²) in [7, 11) is 0. The molecule has 0 aromatic heterocycles. The van der Waals surface area contributed by atoms with Crippen molar-refractivity contribution >= 4 is 28.7 Å². The van der Waals surface area contributed by atoms with Gasteiger partial charge in [-0.3, -0.25) is 5.43 Å². The summed E-state index contributed by atoms with van der Waals surface area (Å²) in [6.07, 6.45) is 0. The van der Waals surface area contributed by atoms with E-state index in [2.05, 4.69) is 66.9 Å². The summed E-state index contributed by atoms with van der Waals surface area (Å²) in [6, 6.07) is 14.3. The average Bonchev–Trinajstić information content (AvgIpc) is 2.50. The molecule has 2 aromatic rings. The van der Waals surface area contributed by atoms with Crippen molar-refractivity contribution in [2.45, 2.75) is 27.7 Å². The van der Waals surface area contributed by atoms with Gasteiger partial charge in [0.2, 0.25) is 0 Å². The number of anilines is 1. The van der Waals surface area contributed by atoms with Crippen molar-refractivity contribution in [1.82, 2.24) is 5.43 Å². The summed E-state index contributed by atoms with van der Waals surface area (Å²) in [5.41, 5.74) is 9.52. The zero-order valence-electron chi connectivity index (χ0n) is 13.4. The fourth-order valence-corrected chi connectivity index (χ4v) is 2.19. The molecule has 0 bridgehead atoms. The van der Waals surface area contributed by atoms with Gasteiger partial charge in [-0.1, -0.05) is 42.0 Å². The summed E-state index contributed by atoms with van der Waals surface area (Å²) in [4.78, 5) is 0. The largest absolute Gasteiger partial charge is 0.331 e. The summed E-state index contributed by atoms with van der Waals surface area (Å²) < 4.78 is 0. The minimum Gasteiger partial charge on any atom is -0.331 e. The van der Waals surface area contributed by atoms with Crippen LogP contribution in [-0.4, -0.2) is 10.8 Å². The van der Waals surface area contributed by atoms with Crippen molar-refractivity contribution in [2.24, 2.45) is 5.10 Å². The number of benzene rings is 2. The molecule has 114 valence electrons. The predicted molar refractivity (Wildman–Crippen MR) is 98.7 cm³/mol. The molecule has 0 radical (unpaired) electrons. The number of hydrazone groups is 1. The van der Waals surface area contributed by atoms with Gasteiger partial charge in [0.15, 0.2) is 5.11 Å². The Balaban J connectivity index is 2.01. The third-order valence-corrected chi connectivity index (χ3v) is 3.84. The van der Waals surface area contributed by atoms with E-state index in [1.54, 1.807) is 0 Å². The van der Waals surface area contributed by atoms with Gasteiger partial charge in [0, 0.05) is 5.69 Å². The fourth-order valence-electron chi connectivity index (χ4n) is 2.03. The van der Waals surface area contributed by atoms with E-state index in [1.165, 1.54) is 16.7 Å². The van der Waals surface area contributed by atoms with Gasteiger partial charge in [0.1, 0.15) is 0 Å².